The fourth-order valence-corrected chi connectivity index (χ4v) is 1.49. The van der Waals surface area contributed by atoms with Crippen molar-refractivity contribution >= 4 is 15.9 Å². The molecule has 0 aliphatic heterocycles. The molecule has 0 aliphatic rings. The second-order valence-electron chi connectivity index (χ2n) is 2.61. The molecule has 0 aliphatic carbocycles. The van der Waals surface area contributed by atoms with E-state index in [9.17, 15) is 0 Å². The monoisotopic (exact) mass is 238 g/mol. The lowest BCUT2D eigenvalue weighted by molar-refractivity contribution is 0.532. The Hall–Kier alpha value is -1.16. The van der Waals surface area contributed by atoms with Gasteiger partial charge in [-0.05, 0) is 28.1 Å². The minimum absolute atomic E-state index is 0.546. The molecule has 66 valence electrons. The molecule has 1 aromatic carbocycles. The quantitative estimate of drug-likeness (QED) is 0.767. The summed E-state index contributed by atoms with van der Waals surface area (Å²) in [5.41, 5.74) is 0.920. The van der Waals surface area contributed by atoms with Crippen LogP contribution in [0.5, 0.6) is 0 Å². The summed E-state index contributed by atoms with van der Waals surface area (Å²) in [6.45, 7) is 1.77. The number of hydrogen-bond acceptors (Lipinski definition) is 3. The van der Waals surface area contributed by atoms with E-state index in [1.54, 1.807) is 6.92 Å². The second-order valence-corrected chi connectivity index (χ2v) is 3.46. The molecule has 3 nitrogen and oxygen atoms in total. The van der Waals surface area contributed by atoms with Gasteiger partial charge in [0.05, 0.1) is 5.56 Å². The van der Waals surface area contributed by atoms with Crippen LogP contribution in [0.3, 0.4) is 0 Å². The molecule has 4 heteroatoms. The summed E-state index contributed by atoms with van der Waals surface area (Å²) in [7, 11) is 0. The Kier molecular flexibility index (Phi) is 2.14. The molecular formula is C9H7BrN2O. The van der Waals surface area contributed by atoms with Crippen LogP contribution in [0.2, 0.25) is 0 Å². The highest BCUT2D eigenvalue weighted by molar-refractivity contribution is 9.10. The Morgan fingerprint density at radius 1 is 1.23 bits per heavy atom. The number of halogens is 1. The minimum atomic E-state index is 0.546. The summed E-state index contributed by atoms with van der Waals surface area (Å²) in [4.78, 5) is 0. The summed E-state index contributed by atoms with van der Waals surface area (Å²) >= 11 is 3.41. The third-order valence-electron chi connectivity index (χ3n) is 1.63. The molecule has 0 unspecified atom stereocenters. The van der Waals surface area contributed by atoms with Gasteiger partial charge in [0.25, 0.3) is 0 Å². The van der Waals surface area contributed by atoms with E-state index < -0.39 is 0 Å². The van der Waals surface area contributed by atoms with Crippen LogP contribution in [0.4, 0.5) is 0 Å². The van der Waals surface area contributed by atoms with Crippen molar-refractivity contribution in [1.29, 1.82) is 0 Å². The van der Waals surface area contributed by atoms with Gasteiger partial charge in [-0.15, -0.1) is 10.2 Å². The van der Waals surface area contributed by atoms with Gasteiger partial charge in [0.1, 0.15) is 0 Å². The first-order valence-electron chi connectivity index (χ1n) is 3.82. The summed E-state index contributed by atoms with van der Waals surface area (Å²) in [5.74, 6) is 1.12. The van der Waals surface area contributed by atoms with Crippen LogP contribution in [-0.2, 0) is 0 Å². The van der Waals surface area contributed by atoms with Crippen molar-refractivity contribution in [3.05, 3.63) is 34.6 Å². The second kappa shape index (κ2) is 3.30. The van der Waals surface area contributed by atoms with Crippen LogP contribution in [-0.4, -0.2) is 10.2 Å². The normalized spacial score (nSPS) is 10.3. The SMILES string of the molecule is Cc1nnc(-c2ccccc2Br)o1. The van der Waals surface area contributed by atoms with E-state index in [0.29, 0.717) is 11.8 Å². The Balaban J connectivity index is 2.52. The molecule has 0 radical (unpaired) electrons. The highest BCUT2D eigenvalue weighted by atomic mass is 79.9. The van der Waals surface area contributed by atoms with Crippen LogP contribution in [0.25, 0.3) is 11.5 Å². The number of aryl methyl sites for hydroxylation is 1. The van der Waals surface area contributed by atoms with Crippen molar-refractivity contribution in [1.82, 2.24) is 10.2 Å². The van der Waals surface area contributed by atoms with Crippen LogP contribution in [0.1, 0.15) is 5.89 Å². The summed E-state index contributed by atoms with van der Waals surface area (Å²) in [5, 5.41) is 7.70. The zero-order chi connectivity index (χ0) is 9.26. The first kappa shape index (κ1) is 8.44. The maximum absolute atomic E-state index is 5.30. The Morgan fingerprint density at radius 3 is 2.62 bits per heavy atom. The van der Waals surface area contributed by atoms with E-state index in [0.717, 1.165) is 10.0 Å². The molecule has 1 aromatic heterocycles. The molecular weight excluding hydrogens is 232 g/mol. The number of benzene rings is 1. The molecule has 0 bridgehead atoms. The third kappa shape index (κ3) is 1.62. The predicted octanol–water partition coefficient (Wildman–Crippen LogP) is 2.81. The average molecular weight is 239 g/mol. The van der Waals surface area contributed by atoms with Gasteiger partial charge in [-0.2, -0.15) is 0 Å². The number of hydrogen-bond donors (Lipinski definition) is 0. The lowest BCUT2D eigenvalue weighted by Crippen LogP contribution is -1.78. The Labute approximate surface area is 83.9 Å². The molecule has 0 amide bonds. The summed E-state index contributed by atoms with van der Waals surface area (Å²) in [6, 6.07) is 7.74. The Bertz CT molecular complexity index is 425. The van der Waals surface area contributed by atoms with E-state index in [4.69, 9.17) is 4.42 Å². The first-order valence-corrected chi connectivity index (χ1v) is 4.61. The van der Waals surface area contributed by atoms with Crippen LogP contribution in [0, 0.1) is 6.92 Å². The predicted molar refractivity (Wildman–Crippen MR) is 52.2 cm³/mol. The van der Waals surface area contributed by atoms with Gasteiger partial charge in [0.2, 0.25) is 11.8 Å². The lowest BCUT2D eigenvalue weighted by atomic mass is 10.2. The lowest BCUT2D eigenvalue weighted by Gasteiger charge is -1.96. The molecule has 0 atom stereocenters. The molecule has 2 rings (SSSR count). The number of rotatable bonds is 1. The molecule has 2 aromatic rings. The summed E-state index contributed by atoms with van der Waals surface area (Å²) < 4.78 is 6.26. The van der Waals surface area contributed by atoms with E-state index in [2.05, 4.69) is 26.1 Å². The number of nitrogens with zero attached hydrogens (tertiary/aromatic N) is 2. The molecule has 0 fully saturated rings. The minimum Gasteiger partial charge on any atom is -0.421 e. The van der Waals surface area contributed by atoms with Gasteiger partial charge < -0.3 is 4.42 Å². The Morgan fingerprint density at radius 2 is 2.00 bits per heavy atom. The van der Waals surface area contributed by atoms with Crippen molar-refractivity contribution in [3.63, 3.8) is 0 Å². The van der Waals surface area contributed by atoms with E-state index in [1.807, 2.05) is 24.3 Å². The van der Waals surface area contributed by atoms with Crippen molar-refractivity contribution in [2.45, 2.75) is 6.92 Å². The van der Waals surface area contributed by atoms with Gasteiger partial charge in [-0.25, -0.2) is 0 Å². The molecule has 0 saturated carbocycles. The molecule has 0 spiro atoms. The standard InChI is InChI=1S/C9H7BrN2O/c1-6-11-12-9(13-6)7-4-2-3-5-8(7)10/h2-5H,1H3. The van der Waals surface area contributed by atoms with Crippen LogP contribution < -0.4 is 0 Å². The van der Waals surface area contributed by atoms with Gasteiger partial charge >= 0.3 is 0 Å². The summed E-state index contributed by atoms with van der Waals surface area (Å²) in [6.07, 6.45) is 0. The zero-order valence-corrected chi connectivity index (χ0v) is 8.58. The van der Waals surface area contributed by atoms with Crippen LogP contribution >= 0.6 is 15.9 Å². The van der Waals surface area contributed by atoms with Crippen molar-refractivity contribution in [3.8, 4) is 11.5 Å². The fourth-order valence-electron chi connectivity index (χ4n) is 1.04. The largest absolute Gasteiger partial charge is 0.421 e. The zero-order valence-electron chi connectivity index (χ0n) is 6.99. The van der Waals surface area contributed by atoms with Crippen LogP contribution in [0.15, 0.2) is 33.2 Å². The fraction of sp³-hybridized carbons (Fsp3) is 0.111. The van der Waals surface area contributed by atoms with E-state index in [1.165, 1.54) is 0 Å². The van der Waals surface area contributed by atoms with Gasteiger partial charge in [0, 0.05) is 11.4 Å². The van der Waals surface area contributed by atoms with Crippen molar-refractivity contribution in [2.75, 3.05) is 0 Å². The third-order valence-corrected chi connectivity index (χ3v) is 2.32. The van der Waals surface area contributed by atoms with Gasteiger partial charge in [-0.3, -0.25) is 0 Å². The highest BCUT2D eigenvalue weighted by Gasteiger charge is 2.07. The van der Waals surface area contributed by atoms with Gasteiger partial charge in [0.15, 0.2) is 0 Å². The molecule has 0 saturated heterocycles. The molecule has 1 heterocycles. The maximum atomic E-state index is 5.30. The highest BCUT2D eigenvalue weighted by Crippen LogP contribution is 2.26. The smallest absolute Gasteiger partial charge is 0.248 e. The molecule has 13 heavy (non-hydrogen) atoms. The topological polar surface area (TPSA) is 38.9 Å². The maximum Gasteiger partial charge on any atom is 0.248 e. The van der Waals surface area contributed by atoms with E-state index in [-0.39, 0.29) is 0 Å². The first-order chi connectivity index (χ1) is 6.27. The van der Waals surface area contributed by atoms with Crippen molar-refractivity contribution in [2.24, 2.45) is 0 Å². The van der Waals surface area contributed by atoms with Gasteiger partial charge in [-0.1, -0.05) is 12.1 Å². The molecule has 0 N–H and O–H groups in total. The van der Waals surface area contributed by atoms with Crippen molar-refractivity contribution < 1.29 is 4.42 Å². The van der Waals surface area contributed by atoms with E-state index >= 15 is 0 Å². The average Bonchev–Trinajstić information content (AvgIpc) is 2.53. The number of aromatic nitrogens is 2.